The second-order valence-corrected chi connectivity index (χ2v) is 9.96. The summed E-state index contributed by atoms with van der Waals surface area (Å²) in [6, 6.07) is 0. The molecule has 3 rings (SSSR count). The molecule has 10 atom stereocenters. The molecule has 0 aromatic rings. The van der Waals surface area contributed by atoms with Crippen LogP contribution in [0.25, 0.3) is 0 Å². The predicted molar refractivity (Wildman–Crippen MR) is 88.3 cm³/mol. The Balaban J connectivity index is 1.85. The van der Waals surface area contributed by atoms with Crippen LogP contribution in [0.5, 0.6) is 0 Å². The van der Waals surface area contributed by atoms with Gasteiger partial charge in [0.15, 0.2) is 0 Å². The SMILES string of the molecule is CC1OC2COP(=O)(O)OC3C(C)OC(COP(=O)(O)OC2C1C)C3C. The number of hydrogen-bond acceptors (Lipinski definition) is 8. The Morgan fingerprint density at radius 2 is 1.23 bits per heavy atom. The van der Waals surface area contributed by atoms with Gasteiger partial charge in [0.05, 0.1) is 31.5 Å². The highest BCUT2D eigenvalue weighted by Crippen LogP contribution is 2.53. The maximum atomic E-state index is 12.4. The summed E-state index contributed by atoms with van der Waals surface area (Å²) < 4.78 is 56.8. The van der Waals surface area contributed by atoms with Crippen molar-refractivity contribution in [1.29, 1.82) is 0 Å². The minimum atomic E-state index is -4.38. The van der Waals surface area contributed by atoms with E-state index in [-0.39, 0.29) is 31.2 Å². The van der Waals surface area contributed by atoms with Crippen molar-refractivity contribution in [1.82, 2.24) is 0 Å². The normalized spacial score (nSPS) is 56.2. The second-order valence-electron chi connectivity index (χ2n) is 7.15. The third-order valence-corrected chi connectivity index (χ3v) is 7.26. The van der Waals surface area contributed by atoms with Crippen LogP contribution in [-0.2, 0) is 36.7 Å². The van der Waals surface area contributed by atoms with Gasteiger partial charge in [0.1, 0.15) is 18.3 Å². The maximum absolute atomic E-state index is 12.4. The van der Waals surface area contributed by atoms with Crippen molar-refractivity contribution in [2.24, 2.45) is 11.8 Å². The Labute approximate surface area is 152 Å². The van der Waals surface area contributed by atoms with E-state index in [4.69, 9.17) is 27.6 Å². The van der Waals surface area contributed by atoms with Crippen molar-refractivity contribution in [3.05, 3.63) is 0 Å². The Kier molecular flexibility index (Phi) is 6.03. The molecule has 12 heteroatoms. The lowest BCUT2D eigenvalue weighted by Crippen LogP contribution is -2.32. The molecule has 2 N–H and O–H groups in total. The van der Waals surface area contributed by atoms with Crippen molar-refractivity contribution >= 4 is 15.6 Å². The van der Waals surface area contributed by atoms with E-state index in [2.05, 4.69) is 0 Å². The summed E-state index contributed by atoms with van der Waals surface area (Å²) in [7, 11) is -8.77. The van der Waals surface area contributed by atoms with Crippen LogP contribution < -0.4 is 0 Å². The van der Waals surface area contributed by atoms with Gasteiger partial charge in [0.2, 0.25) is 0 Å². The number of phosphoric ester groups is 2. The first-order valence-electron chi connectivity index (χ1n) is 8.61. The van der Waals surface area contributed by atoms with E-state index >= 15 is 0 Å². The van der Waals surface area contributed by atoms with Gasteiger partial charge in [-0.1, -0.05) is 13.8 Å². The number of phosphoric acid groups is 2. The van der Waals surface area contributed by atoms with Gasteiger partial charge < -0.3 is 19.3 Å². The molecule has 152 valence electrons. The van der Waals surface area contributed by atoms with Gasteiger partial charge >= 0.3 is 15.6 Å². The molecule has 2 bridgehead atoms. The summed E-state index contributed by atoms with van der Waals surface area (Å²) in [5.74, 6) is -0.604. The van der Waals surface area contributed by atoms with Gasteiger partial charge in [-0.25, -0.2) is 9.13 Å². The van der Waals surface area contributed by atoms with Crippen LogP contribution in [0.1, 0.15) is 27.7 Å². The number of ether oxygens (including phenoxy) is 2. The Morgan fingerprint density at radius 3 is 1.85 bits per heavy atom. The van der Waals surface area contributed by atoms with E-state index in [9.17, 15) is 18.9 Å². The monoisotopic (exact) mass is 416 g/mol. The Morgan fingerprint density at radius 1 is 0.731 bits per heavy atom. The van der Waals surface area contributed by atoms with Gasteiger partial charge in [-0.05, 0) is 13.8 Å². The molecule has 3 heterocycles. The summed E-state index contributed by atoms with van der Waals surface area (Å²) in [5, 5.41) is 0. The second kappa shape index (κ2) is 7.52. The van der Waals surface area contributed by atoms with Gasteiger partial charge in [-0.2, -0.15) is 0 Å². The molecule has 0 amide bonds. The van der Waals surface area contributed by atoms with Crippen LogP contribution in [0.4, 0.5) is 0 Å². The molecule has 0 aromatic carbocycles. The number of rotatable bonds is 0. The lowest BCUT2D eigenvalue weighted by molar-refractivity contribution is -0.0376. The highest BCUT2D eigenvalue weighted by Gasteiger charge is 2.49. The van der Waals surface area contributed by atoms with Crippen molar-refractivity contribution in [2.75, 3.05) is 13.2 Å². The molecular formula is C14H26O10P2. The molecule has 3 aliphatic heterocycles. The van der Waals surface area contributed by atoms with Gasteiger partial charge in [0, 0.05) is 11.8 Å². The summed E-state index contributed by atoms with van der Waals surface area (Å²) >= 11 is 0. The highest BCUT2D eigenvalue weighted by atomic mass is 31.2. The van der Waals surface area contributed by atoms with E-state index in [1.807, 2.05) is 0 Å². The van der Waals surface area contributed by atoms with Crippen LogP contribution >= 0.6 is 15.6 Å². The van der Waals surface area contributed by atoms with E-state index in [1.165, 1.54) is 0 Å². The zero-order valence-electron chi connectivity index (χ0n) is 15.1. The van der Waals surface area contributed by atoms with Gasteiger partial charge in [-0.15, -0.1) is 0 Å². The molecule has 0 aliphatic carbocycles. The standard InChI is InChI=1S/C14H26O10P2/c1-7-9(3)21-12-6-20-25(15,16)23-13-8(2)11(22-10(13)4)5-19-26(17,18)24-14(7)12/h7-14H,5-6H2,1-4H3,(H,15,16)(H,17,18). The van der Waals surface area contributed by atoms with E-state index in [1.54, 1.807) is 27.7 Å². The third kappa shape index (κ3) is 4.41. The molecule has 10 nitrogen and oxygen atoms in total. The molecular weight excluding hydrogens is 390 g/mol. The minimum Gasteiger partial charge on any atom is -0.370 e. The lowest BCUT2D eigenvalue weighted by Gasteiger charge is -2.25. The fraction of sp³-hybridized carbons (Fsp3) is 1.00. The van der Waals surface area contributed by atoms with Crippen molar-refractivity contribution in [3.8, 4) is 0 Å². The molecule has 0 radical (unpaired) electrons. The zero-order valence-corrected chi connectivity index (χ0v) is 16.9. The Hall–Kier alpha value is 0.140. The summed E-state index contributed by atoms with van der Waals surface area (Å²) in [6.07, 6.45) is -3.77. The molecule has 10 unspecified atom stereocenters. The fourth-order valence-corrected chi connectivity index (χ4v) is 5.67. The molecule has 3 aliphatic rings. The van der Waals surface area contributed by atoms with Crippen LogP contribution in [-0.4, -0.2) is 59.6 Å². The smallest absolute Gasteiger partial charge is 0.370 e. The molecule has 0 spiro atoms. The summed E-state index contributed by atoms with van der Waals surface area (Å²) in [5.41, 5.74) is 0. The van der Waals surface area contributed by atoms with Crippen LogP contribution in [0.15, 0.2) is 0 Å². The van der Waals surface area contributed by atoms with Crippen molar-refractivity contribution in [3.63, 3.8) is 0 Å². The van der Waals surface area contributed by atoms with Gasteiger partial charge in [0.25, 0.3) is 0 Å². The average molecular weight is 416 g/mol. The summed E-state index contributed by atoms with van der Waals surface area (Å²) in [6.45, 7) is 6.45. The molecule has 3 saturated heterocycles. The lowest BCUT2D eigenvalue weighted by atomic mass is 10.00. The maximum Gasteiger partial charge on any atom is 0.472 e. The molecule has 26 heavy (non-hydrogen) atoms. The summed E-state index contributed by atoms with van der Waals surface area (Å²) in [4.78, 5) is 20.1. The van der Waals surface area contributed by atoms with Gasteiger partial charge in [-0.3, -0.25) is 18.1 Å². The van der Waals surface area contributed by atoms with Crippen molar-refractivity contribution < 1.29 is 46.5 Å². The average Bonchev–Trinajstić information content (AvgIpc) is 2.95. The first-order chi connectivity index (χ1) is 12.0. The molecule has 0 saturated carbocycles. The zero-order chi connectivity index (χ0) is 19.3. The minimum absolute atomic E-state index is 0.210. The van der Waals surface area contributed by atoms with Crippen LogP contribution in [0, 0.1) is 11.8 Å². The van der Waals surface area contributed by atoms with E-state index in [0.29, 0.717) is 0 Å². The third-order valence-electron chi connectivity index (χ3n) is 5.29. The quantitative estimate of drug-likeness (QED) is 0.564. The van der Waals surface area contributed by atoms with E-state index in [0.717, 1.165) is 0 Å². The van der Waals surface area contributed by atoms with Crippen LogP contribution in [0.3, 0.4) is 0 Å². The number of hydrogen-bond donors (Lipinski definition) is 2. The first-order valence-corrected chi connectivity index (χ1v) is 11.6. The first kappa shape index (κ1) is 20.9. The number of fused-ring (bicyclic) bond motifs is 3. The van der Waals surface area contributed by atoms with Crippen molar-refractivity contribution in [2.45, 2.75) is 64.3 Å². The largest absolute Gasteiger partial charge is 0.472 e. The highest BCUT2D eigenvalue weighted by molar-refractivity contribution is 7.47. The Bertz CT molecular complexity index is 615. The molecule has 3 fully saturated rings. The predicted octanol–water partition coefficient (Wildman–Crippen LogP) is 1.85. The molecule has 0 aromatic heterocycles. The topological polar surface area (TPSA) is 130 Å². The van der Waals surface area contributed by atoms with E-state index < -0.39 is 46.2 Å². The fourth-order valence-electron chi connectivity index (χ4n) is 3.57. The van der Waals surface area contributed by atoms with Crippen LogP contribution in [0.2, 0.25) is 0 Å².